The summed E-state index contributed by atoms with van der Waals surface area (Å²) in [5.41, 5.74) is 6.67. The summed E-state index contributed by atoms with van der Waals surface area (Å²) >= 11 is 1.34. The predicted octanol–water partition coefficient (Wildman–Crippen LogP) is 1.31. The first-order valence-electron chi connectivity index (χ1n) is 6.15. The number of carbonyl (C=O) groups is 3. The number of anilines is 1. The molecule has 1 aliphatic rings. The molecule has 20 heavy (non-hydrogen) atoms. The standard InChI is InChI=1S/C13H14N2O4S/c14-12(19)11-7-3-1-2-4-8(7)20-13(11)15-9(16)5-6-10(17)18/h5-6H,1-4H2,(H2,14,19)(H,15,16)(H,17,18). The fourth-order valence-corrected chi connectivity index (χ4v) is 3.51. The number of hydrogen-bond donors (Lipinski definition) is 3. The predicted molar refractivity (Wildman–Crippen MR) is 74.9 cm³/mol. The molecule has 0 bridgehead atoms. The Kier molecular flexibility index (Phi) is 4.19. The number of nitrogens with one attached hydrogen (secondary N) is 1. The van der Waals surface area contributed by atoms with Crippen molar-refractivity contribution in [3.05, 3.63) is 28.2 Å². The highest BCUT2D eigenvalue weighted by Gasteiger charge is 2.24. The Morgan fingerprint density at radius 3 is 2.55 bits per heavy atom. The van der Waals surface area contributed by atoms with Gasteiger partial charge in [0.15, 0.2) is 0 Å². The second-order valence-electron chi connectivity index (χ2n) is 4.44. The lowest BCUT2D eigenvalue weighted by atomic mass is 9.95. The van der Waals surface area contributed by atoms with Crippen LogP contribution < -0.4 is 11.1 Å². The van der Waals surface area contributed by atoms with Gasteiger partial charge in [0.25, 0.3) is 5.91 Å². The van der Waals surface area contributed by atoms with Crippen molar-refractivity contribution in [2.75, 3.05) is 5.32 Å². The van der Waals surface area contributed by atoms with Crippen LogP contribution in [0.25, 0.3) is 0 Å². The molecule has 0 unspecified atom stereocenters. The molecule has 2 amide bonds. The van der Waals surface area contributed by atoms with Crippen LogP contribution in [-0.2, 0) is 22.4 Å². The van der Waals surface area contributed by atoms with Crippen molar-refractivity contribution in [1.82, 2.24) is 0 Å². The zero-order chi connectivity index (χ0) is 14.7. The molecular formula is C13H14N2O4S. The van der Waals surface area contributed by atoms with E-state index in [9.17, 15) is 14.4 Å². The Balaban J connectivity index is 2.27. The molecule has 106 valence electrons. The van der Waals surface area contributed by atoms with Crippen molar-refractivity contribution in [3.8, 4) is 0 Å². The van der Waals surface area contributed by atoms with Crippen molar-refractivity contribution >= 4 is 34.1 Å². The van der Waals surface area contributed by atoms with Crippen molar-refractivity contribution < 1.29 is 19.5 Å². The quantitative estimate of drug-likeness (QED) is 0.727. The van der Waals surface area contributed by atoms with Gasteiger partial charge in [-0.25, -0.2) is 4.79 Å². The molecule has 6 nitrogen and oxygen atoms in total. The van der Waals surface area contributed by atoms with Gasteiger partial charge in [0.1, 0.15) is 5.00 Å². The van der Waals surface area contributed by atoms with E-state index in [0.717, 1.165) is 48.3 Å². The number of nitrogens with two attached hydrogens (primary N) is 1. The van der Waals surface area contributed by atoms with Gasteiger partial charge in [-0.2, -0.15) is 0 Å². The number of carboxylic acids is 1. The van der Waals surface area contributed by atoms with Crippen LogP contribution in [-0.4, -0.2) is 22.9 Å². The normalized spacial score (nSPS) is 14.0. The summed E-state index contributed by atoms with van der Waals surface area (Å²) in [6.07, 6.45) is 5.36. The lowest BCUT2D eigenvalue weighted by molar-refractivity contribution is -0.131. The molecule has 0 aliphatic heterocycles. The summed E-state index contributed by atoms with van der Waals surface area (Å²) in [4.78, 5) is 34.6. The number of hydrogen-bond acceptors (Lipinski definition) is 4. The van der Waals surface area contributed by atoms with Crippen LogP contribution in [0.1, 0.15) is 33.6 Å². The van der Waals surface area contributed by atoms with Gasteiger partial charge in [-0.05, 0) is 31.2 Å². The van der Waals surface area contributed by atoms with E-state index in [-0.39, 0.29) is 0 Å². The van der Waals surface area contributed by atoms with E-state index in [1.54, 1.807) is 0 Å². The molecule has 4 N–H and O–H groups in total. The minimum atomic E-state index is -1.21. The van der Waals surface area contributed by atoms with E-state index in [1.807, 2.05) is 0 Å². The Labute approximate surface area is 119 Å². The number of aliphatic carboxylic acids is 1. The lowest BCUT2D eigenvalue weighted by Gasteiger charge is -2.11. The molecule has 0 aromatic carbocycles. The first-order valence-corrected chi connectivity index (χ1v) is 6.97. The van der Waals surface area contributed by atoms with Gasteiger partial charge in [0.05, 0.1) is 5.56 Å². The SMILES string of the molecule is NC(=O)c1c(NC(=O)C=CC(=O)O)sc2c1CCCC2. The van der Waals surface area contributed by atoms with E-state index >= 15 is 0 Å². The summed E-state index contributed by atoms with van der Waals surface area (Å²) < 4.78 is 0. The second-order valence-corrected chi connectivity index (χ2v) is 5.55. The second kappa shape index (κ2) is 5.87. The maximum absolute atomic E-state index is 11.6. The summed E-state index contributed by atoms with van der Waals surface area (Å²) in [6.45, 7) is 0. The molecule has 0 saturated carbocycles. The number of thiophene rings is 1. The van der Waals surface area contributed by atoms with Crippen molar-refractivity contribution in [2.24, 2.45) is 5.73 Å². The van der Waals surface area contributed by atoms with Gasteiger partial charge in [-0.3, -0.25) is 9.59 Å². The fourth-order valence-electron chi connectivity index (χ4n) is 2.22. The summed E-state index contributed by atoms with van der Waals surface area (Å²) in [6, 6.07) is 0. The zero-order valence-electron chi connectivity index (χ0n) is 10.6. The fraction of sp³-hybridized carbons (Fsp3) is 0.308. The van der Waals surface area contributed by atoms with Gasteiger partial charge in [-0.1, -0.05) is 0 Å². The van der Waals surface area contributed by atoms with Crippen molar-refractivity contribution in [2.45, 2.75) is 25.7 Å². The molecule has 0 saturated heterocycles. The van der Waals surface area contributed by atoms with Crippen LogP contribution in [0.4, 0.5) is 5.00 Å². The van der Waals surface area contributed by atoms with Crippen LogP contribution >= 0.6 is 11.3 Å². The molecule has 1 aromatic rings. The molecule has 2 rings (SSSR count). The van der Waals surface area contributed by atoms with Crippen LogP contribution in [0.15, 0.2) is 12.2 Å². The maximum Gasteiger partial charge on any atom is 0.328 e. The highest BCUT2D eigenvalue weighted by Crippen LogP contribution is 2.37. The minimum Gasteiger partial charge on any atom is -0.478 e. The molecule has 0 radical (unpaired) electrons. The highest BCUT2D eigenvalue weighted by atomic mass is 32.1. The monoisotopic (exact) mass is 294 g/mol. The lowest BCUT2D eigenvalue weighted by Crippen LogP contribution is -2.17. The van der Waals surface area contributed by atoms with Gasteiger partial charge in [0.2, 0.25) is 5.91 Å². The Bertz CT molecular complexity index is 604. The van der Waals surface area contributed by atoms with E-state index in [2.05, 4.69) is 5.32 Å². The molecule has 0 fully saturated rings. The first-order chi connectivity index (χ1) is 9.49. The number of rotatable bonds is 4. The number of carbonyl (C=O) groups excluding carboxylic acids is 2. The summed E-state index contributed by atoms with van der Waals surface area (Å²) in [7, 11) is 0. The molecular weight excluding hydrogens is 280 g/mol. The Hall–Kier alpha value is -2.15. The number of carboxylic acid groups (broad SMARTS) is 1. The largest absolute Gasteiger partial charge is 0.478 e. The highest BCUT2D eigenvalue weighted by molar-refractivity contribution is 7.17. The molecule has 1 aliphatic carbocycles. The average Bonchev–Trinajstić information content (AvgIpc) is 2.74. The number of fused-ring (bicyclic) bond motifs is 1. The van der Waals surface area contributed by atoms with Crippen LogP contribution in [0.3, 0.4) is 0 Å². The molecule has 0 atom stereocenters. The van der Waals surface area contributed by atoms with E-state index < -0.39 is 17.8 Å². The van der Waals surface area contributed by atoms with Gasteiger partial charge >= 0.3 is 5.97 Å². The molecule has 7 heteroatoms. The molecule has 1 heterocycles. The maximum atomic E-state index is 11.6. The molecule has 1 aromatic heterocycles. The summed E-state index contributed by atoms with van der Waals surface area (Å²) in [5.74, 6) is -2.36. The van der Waals surface area contributed by atoms with Crippen molar-refractivity contribution in [3.63, 3.8) is 0 Å². The summed E-state index contributed by atoms with van der Waals surface area (Å²) in [5, 5.41) is 11.4. The van der Waals surface area contributed by atoms with Gasteiger partial charge in [0, 0.05) is 17.0 Å². The van der Waals surface area contributed by atoms with Crippen LogP contribution in [0, 0.1) is 0 Å². The zero-order valence-corrected chi connectivity index (χ0v) is 11.5. The Morgan fingerprint density at radius 2 is 1.90 bits per heavy atom. The minimum absolute atomic E-state index is 0.363. The molecule has 0 spiro atoms. The van der Waals surface area contributed by atoms with E-state index in [1.165, 1.54) is 11.3 Å². The number of amides is 2. The van der Waals surface area contributed by atoms with E-state index in [4.69, 9.17) is 10.8 Å². The third-order valence-corrected chi connectivity index (χ3v) is 4.24. The first kappa shape index (κ1) is 14.3. The third kappa shape index (κ3) is 3.05. The topological polar surface area (TPSA) is 109 Å². The van der Waals surface area contributed by atoms with Crippen LogP contribution in [0.2, 0.25) is 0 Å². The van der Waals surface area contributed by atoms with Crippen LogP contribution in [0.5, 0.6) is 0 Å². The number of primary amides is 1. The number of aryl methyl sites for hydroxylation is 1. The smallest absolute Gasteiger partial charge is 0.328 e. The van der Waals surface area contributed by atoms with Crippen molar-refractivity contribution in [1.29, 1.82) is 0 Å². The van der Waals surface area contributed by atoms with E-state index in [0.29, 0.717) is 10.6 Å². The van der Waals surface area contributed by atoms with Gasteiger partial charge in [-0.15, -0.1) is 11.3 Å². The average molecular weight is 294 g/mol. The third-order valence-electron chi connectivity index (χ3n) is 3.03. The van der Waals surface area contributed by atoms with Gasteiger partial charge < -0.3 is 16.2 Å². The Morgan fingerprint density at radius 1 is 1.20 bits per heavy atom.